The molecule has 2 saturated heterocycles. The van der Waals surface area contributed by atoms with Crippen molar-refractivity contribution in [1.29, 1.82) is 0 Å². The number of rotatable bonds is 5. The van der Waals surface area contributed by atoms with Gasteiger partial charge in [0.1, 0.15) is 0 Å². The fourth-order valence-electron chi connectivity index (χ4n) is 3.51. The van der Waals surface area contributed by atoms with Crippen LogP contribution in [0.5, 0.6) is 0 Å². The highest BCUT2D eigenvalue weighted by Crippen LogP contribution is 2.28. The molecule has 0 aliphatic carbocycles. The van der Waals surface area contributed by atoms with Gasteiger partial charge in [-0.3, -0.25) is 9.69 Å². The number of anilines is 1. The molecule has 1 aromatic rings. The fraction of sp³-hybridized carbons (Fsp3) is 0.588. The van der Waals surface area contributed by atoms with Gasteiger partial charge >= 0.3 is 0 Å². The number of carbonyl (C=O) groups is 1. The van der Waals surface area contributed by atoms with Crippen molar-refractivity contribution in [3.63, 3.8) is 0 Å². The topological polar surface area (TPSA) is 53.0 Å². The van der Waals surface area contributed by atoms with E-state index in [1.807, 2.05) is 29.2 Å². The SMILES string of the molecule is O=C1C(N2CCCC(OCCO)C2)CCN1c1cccc(Cl)c1. The molecule has 2 aliphatic heterocycles. The molecule has 0 saturated carbocycles. The molecule has 2 aliphatic rings. The van der Waals surface area contributed by atoms with E-state index >= 15 is 0 Å². The number of halogens is 1. The van der Waals surface area contributed by atoms with Gasteiger partial charge in [-0.25, -0.2) is 0 Å². The van der Waals surface area contributed by atoms with Gasteiger partial charge in [0.25, 0.3) is 0 Å². The van der Waals surface area contributed by atoms with Crippen molar-refractivity contribution in [1.82, 2.24) is 4.90 Å². The molecule has 126 valence electrons. The summed E-state index contributed by atoms with van der Waals surface area (Å²) < 4.78 is 5.65. The zero-order valence-electron chi connectivity index (χ0n) is 13.2. The van der Waals surface area contributed by atoms with Crippen LogP contribution in [0.1, 0.15) is 19.3 Å². The molecule has 6 heteroatoms. The molecule has 23 heavy (non-hydrogen) atoms. The van der Waals surface area contributed by atoms with E-state index in [0.717, 1.165) is 44.6 Å². The Labute approximate surface area is 141 Å². The number of likely N-dealkylation sites (tertiary alicyclic amines) is 1. The van der Waals surface area contributed by atoms with Crippen LogP contribution in [-0.4, -0.2) is 60.9 Å². The molecule has 5 nitrogen and oxygen atoms in total. The number of aliphatic hydroxyl groups is 1. The third-order valence-electron chi connectivity index (χ3n) is 4.59. The first-order chi connectivity index (χ1) is 11.2. The first-order valence-electron chi connectivity index (χ1n) is 8.22. The lowest BCUT2D eigenvalue weighted by molar-refractivity contribution is -0.123. The zero-order valence-corrected chi connectivity index (χ0v) is 13.9. The van der Waals surface area contributed by atoms with E-state index < -0.39 is 0 Å². The number of hydrogen-bond donors (Lipinski definition) is 1. The highest BCUT2D eigenvalue weighted by atomic mass is 35.5. The summed E-state index contributed by atoms with van der Waals surface area (Å²) in [5, 5.41) is 9.54. The molecule has 1 aromatic carbocycles. The van der Waals surface area contributed by atoms with E-state index in [1.54, 1.807) is 0 Å². The smallest absolute Gasteiger partial charge is 0.244 e. The molecular formula is C17H23ClN2O3. The van der Waals surface area contributed by atoms with Crippen LogP contribution in [-0.2, 0) is 9.53 Å². The first kappa shape index (κ1) is 16.7. The number of benzene rings is 1. The number of carbonyl (C=O) groups excluding carboxylic acids is 1. The molecule has 1 N–H and O–H groups in total. The van der Waals surface area contributed by atoms with Crippen LogP contribution in [0.4, 0.5) is 5.69 Å². The number of aliphatic hydroxyl groups excluding tert-OH is 1. The summed E-state index contributed by atoms with van der Waals surface area (Å²) >= 11 is 6.04. The van der Waals surface area contributed by atoms with E-state index in [9.17, 15) is 4.79 Å². The second kappa shape index (κ2) is 7.62. The summed E-state index contributed by atoms with van der Waals surface area (Å²) in [5.41, 5.74) is 0.870. The maximum absolute atomic E-state index is 12.8. The van der Waals surface area contributed by atoms with Crippen molar-refractivity contribution < 1.29 is 14.6 Å². The summed E-state index contributed by atoms with van der Waals surface area (Å²) in [6, 6.07) is 7.38. The van der Waals surface area contributed by atoms with E-state index in [4.69, 9.17) is 21.4 Å². The monoisotopic (exact) mass is 338 g/mol. The molecule has 0 bridgehead atoms. The highest BCUT2D eigenvalue weighted by Gasteiger charge is 2.38. The van der Waals surface area contributed by atoms with Crippen molar-refractivity contribution in [3.8, 4) is 0 Å². The van der Waals surface area contributed by atoms with Crippen LogP contribution in [0, 0.1) is 0 Å². The van der Waals surface area contributed by atoms with Crippen molar-refractivity contribution in [2.45, 2.75) is 31.4 Å². The number of hydrogen-bond acceptors (Lipinski definition) is 4. The summed E-state index contributed by atoms with van der Waals surface area (Å²) in [6.07, 6.45) is 2.97. The minimum atomic E-state index is -0.0745. The van der Waals surface area contributed by atoms with Crippen LogP contribution < -0.4 is 4.90 Å². The van der Waals surface area contributed by atoms with E-state index in [0.29, 0.717) is 11.6 Å². The van der Waals surface area contributed by atoms with Crippen molar-refractivity contribution in [2.75, 3.05) is 37.7 Å². The first-order valence-corrected chi connectivity index (χ1v) is 8.60. The third kappa shape index (κ3) is 3.86. The number of piperidine rings is 1. The van der Waals surface area contributed by atoms with Gasteiger partial charge in [-0.2, -0.15) is 0 Å². The Hall–Kier alpha value is -1.14. The Bertz CT molecular complexity index is 554. The third-order valence-corrected chi connectivity index (χ3v) is 4.83. The van der Waals surface area contributed by atoms with Gasteiger partial charge in [0.15, 0.2) is 0 Å². The van der Waals surface area contributed by atoms with Crippen molar-refractivity contribution in [2.24, 2.45) is 0 Å². The van der Waals surface area contributed by atoms with Crippen molar-refractivity contribution >= 4 is 23.2 Å². The van der Waals surface area contributed by atoms with Crippen LogP contribution in [0.25, 0.3) is 0 Å². The summed E-state index contributed by atoms with van der Waals surface area (Å²) in [7, 11) is 0. The lowest BCUT2D eigenvalue weighted by Gasteiger charge is -2.35. The van der Waals surface area contributed by atoms with Crippen LogP contribution in [0.2, 0.25) is 5.02 Å². The fourth-order valence-corrected chi connectivity index (χ4v) is 3.69. The number of nitrogens with zero attached hydrogens (tertiary/aromatic N) is 2. The average Bonchev–Trinajstić information content (AvgIpc) is 2.95. The zero-order chi connectivity index (χ0) is 16.2. The molecule has 3 rings (SSSR count). The minimum Gasteiger partial charge on any atom is -0.394 e. The second-order valence-corrected chi connectivity index (χ2v) is 6.56. The molecule has 2 unspecified atom stereocenters. The minimum absolute atomic E-state index is 0.0431. The molecular weight excluding hydrogens is 316 g/mol. The Balaban J connectivity index is 1.64. The summed E-state index contributed by atoms with van der Waals surface area (Å²) in [6.45, 7) is 2.83. The Morgan fingerprint density at radius 3 is 2.96 bits per heavy atom. The largest absolute Gasteiger partial charge is 0.394 e. The van der Waals surface area contributed by atoms with Gasteiger partial charge in [-0.15, -0.1) is 0 Å². The predicted molar refractivity (Wildman–Crippen MR) is 89.8 cm³/mol. The molecule has 1 amide bonds. The predicted octanol–water partition coefficient (Wildman–Crippen LogP) is 1.92. The van der Waals surface area contributed by atoms with Crippen LogP contribution in [0.3, 0.4) is 0 Å². The summed E-state index contributed by atoms with van der Waals surface area (Å²) in [5.74, 6) is 0.148. The molecule has 2 fully saturated rings. The van der Waals surface area contributed by atoms with Gasteiger partial charge in [0, 0.05) is 23.8 Å². The number of amides is 1. The maximum atomic E-state index is 12.8. The molecule has 0 radical (unpaired) electrons. The summed E-state index contributed by atoms with van der Waals surface area (Å²) in [4.78, 5) is 16.9. The van der Waals surface area contributed by atoms with E-state index in [2.05, 4.69) is 4.90 Å². The van der Waals surface area contributed by atoms with E-state index in [-0.39, 0.29) is 24.7 Å². The van der Waals surface area contributed by atoms with Crippen LogP contribution in [0.15, 0.2) is 24.3 Å². The standard InChI is InChI=1S/C17H23ClN2O3/c18-13-3-1-4-14(11-13)20-8-6-16(17(20)22)19-7-2-5-15(12-19)23-10-9-21/h1,3-4,11,15-16,21H,2,5-10,12H2. The van der Waals surface area contributed by atoms with Gasteiger partial charge in [-0.05, 0) is 44.0 Å². The second-order valence-electron chi connectivity index (χ2n) is 6.13. The molecule has 2 atom stereocenters. The van der Waals surface area contributed by atoms with Crippen molar-refractivity contribution in [3.05, 3.63) is 29.3 Å². The maximum Gasteiger partial charge on any atom is 0.244 e. The van der Waals surface area contributed by atoms with Gasteiger partial charge in [0.05, 0.1) is 25.4 Å². The van der Waals surface area contributed by atoms with Gasteiger partial charge < -0.3 is 14.7 Å². The Kier molecular flexibility index (Phi) is 5.54. The van der Waals surface area contributed by atoms with Gasteiger partial charge in [0.2, 0.25) is 5.91 Å². The Morgan fingerprint density at radius 1 is 1.30 bits per heavy atom. The molecule has 0 spiro atoms. The highest BCUT2D eigenvalue weighted by molar-refractivity contribution is 6.30. The van der Waals surface area contributed by atoms with Gasteiger partial charge in [-0.1, -0.05) is 17.7 Å². The lowest BCUT2D eigenvalue weighted by atomic mass is 10.0. The normalized spacial score (nSPS) is 26.0. The average molecular weight is 339 g/mol. The lowest BCUT2D eigenvalue weighted by Crippen LogP contribution is -2.49. The van der Waals surface area contributed by atoms with Crippen LogP contribution >= 0.6 is 11.6 Å². The van der Waals surface area contributed by atoms with E-state index in [1.165, 1.54) is 0 Å². The quantitative estimate of drug-likeness (QED) is 0.891. The Morgan fingerprint density at radius 2 is 2.17 bits per heavy atom. The number of ether oxygens (including phenoxy) is 1. The molecule has 2 heterocycles. The molecule has 0 aromatic heterocycles.